The van der Waals surface area contributed by atoms with E-state index in [1.807, 2.05) is 25.1 Å². The third-order valence-corrected chi connectivity index (χ3v) is 7.40. The van der Waals surface area contributed by atoms with Crippen molar-refractivity contribution >= 4 is 86.4 Å². The average molecular weight is 692 g/mol. The van der Waals surface area contributed by atoms with Crippen LogP contribution in [0, 0.1) is 3.57 Å². The molecule has 3 aromatic carbocycles. The van der Waals surface area contributed by atoms with E-state index in [1.54, 1.807) is 54.6 Å². The Morgan fingerprint density at radius 3 is 2.45 bits per heavy atom. The van der Waals surface area contributed by atoms with Crippen molar-refractivity contribution in [3.8, 4) is 11.5 Å². The zero-order valence-corrected chi connectivity index (χ0v) is 24.8. The predicted molar refractivity (Wildman–Crippen MR) is 164 cm³/mol. The molecule has 1 aliphatic rings. The molecule has 0 atom stereocenters. The maximum atomic E-state index is 13.0. The molecule has 0 aromatic heterocycles. The highest BCUT2D eigenvalue weighted by atomic mass is 127. The number of nitrogens with one attached hydrogen (secondary N) is 2. The zero-order chi connectivity index (χ0) is 28.6. The van der Waals surface area contributed by atoms with Gasteiger partial charge in [-0.3, -0.25) is 24.1 Å². The lowest BCUT2D eigenvalue weighted by atomic mass is 10.2. The summed E-state index contributed by atoms with van der Waals surface area (Å²) in [6.07, 6.45) is 1.55. The van der Waals surface area contributed by atoms with Gasteiger partial charge in [0.25, 0.3) is 17.1 Å². The molecule has 9 nitrogen and oxygen atoms in total. The second kappa shape index (κ2) is 13.7. The van der Waals surface area contributed by atoms with Gasteiger partial charge in [0.2, 0.25) is 5.91 Å². The van der Waals surface area contributed by atoms with Crippen LogP contribution < -0.4 is 20.1 Å². The van der Waals surface area contributed by atoms with Gasteiger partial charge >= 0.3 is 0 Å². The monoisotopic (exact) mass is 691 g/mol. The molecule has 1 saturated heterocycles. The van der Waals surface area contributed by atoms with E-state index < -0.39 is 23.6 Å². The van der Waals surface area contributed by atoms with Crippen molar-refractivity contribution in [1.82, 2.24) is 4.90 Å². The maximum Gasteiger partial charge on any atom is 0.294 e. The summed E-state index contributed by atoms with van der Waals surface area (Å²) in [4.78, 5) is 51.4. The fourth-order valence-electron chi connectivity index (χ4n) is 3.61. The second-order valence-electron chi connectivity index (χ2n) is 8.26. The third-order valence-electron chi connectivity index (χ3n) is 5.36. The summed E-state index contributed by atoms with van der Waals surface area (Å²) in [7, 11) is 0. The molecule has 1 aliphatic heterocycles. The average Bonchev–Trinajstić information content (AvgIpc) is 3.17. The largest absolute Gasteiger partial charge is 0.490 e. The van der Waals surface area contributed by atoms with E-state index >= 15 is 0 Å². The minimum Gasteiger partial charge on any atom is -0.490 e. The van der Waals surface area contributed by atoms with Crippen LogP contribution in [0.4, 0.5) is 16.2 Å². The first kappa shape index (κ1) is 29.4. The maximum absolute atomic E-state index is 13.0. The number of anilines is 2. The number of para-hydroxylation sites is 2. The molecule has 0 spiro atoms. The number of nitrogens with zero attached hydrogens (tertiary/aromatic N) is 1. The Morgan fingerprint density at radius 1 is 1.00 bits per heavy atom. The molecule has 0 saturated carbocycles. The van der Waals surface area contributed by atoms with Crippen LogP contribution in [0.3, 0.4) is 0 Å². The first-order valence-corrected chi connectivity index (χ1v) is 14.3. The highest BCUT2D eigenvalue weighted by Gasteiger charge is 2.36. The number of ether oxygens (including phenoxy) is 2. The topological polar surface area (TPSA) is 114 Å². The van der Waals surface area contributed by atoms with E-state index in [-0.39, 0.29) is 17.4 Å². The number of amides is 4. The van der Waals surface area contributed by atoms with Gasteiger partial charge in [-0.05, 0) is 89.3 Å². The van der Waals surface area contributed by atoms with Crippen molar-refractivity contribution in [3.63, 3.8) is 0 Å². The summed E-state index contributed by atoms with van der Waals surface area (Å²) >= 11 is 8.86. The fraction of sp³-hybridized carbons (Fsp3) is 0.143. The molecule has 0 unspecified atom stereocenters. The molecule has 206 valence electrons. The number of rotatable bonds is 10. The summed E-state index contributed by atoms with van der Waals surface area (Å²) in [5.41, 5.74) is 1.62. The summed E-state index contributed by atoms with van der Waals surface area (Å²) < 4.78 is 12.2. The highest BCUT2D eigenvalue weighted by Crippen LogP contribution is 2.37. The van der Waals surface area contributed by atoms with Gasteiger partial charge in [-0.15, -0.1) is 0 Å². The molecule has 0 bridgehead atoms. The molecule has 1 heterocycles. The Kier molecular flexibility index (Phi) is 10.1. The molecular weight excluding hydrogens is 669 g/mol. The van der Waals surface area contributed by atoms with E-state index in [0.29, 0.717) is 43.6 Å². The Labute approximate surface area is 253 Å². The molecule has 0 radical (unpaired) electrons. The Morgan fingerprint density at radius 2 is 1.73 bits per heavy atom. The van der Waals surface area contributed by atoms with Gasteiger partial charge in [0.05, 0.1) is 25.8 Å². The summed E-state index contributed by atoms with van der Waals surface area (Å²) in [5.74, 6) is -0.711. The van der Waals surface area contributed by atoms with E-state index in [1.165, 1.54) is 0 Å². The Hall–Kier alpha value is -3.55. The second-order valence-corrected chi connectivity index (χ2v) is 10.8. The van der Waals surface area contributed by atoms with Crippen LogP contribution in [0.25, 0.3) is 6.08 Å². The van der Waals surface area contributed by atoms with Crippen LogP contribution in [0.5, 0.6) is 11.5 Å². The summed E-state index contributed by atoms with van der Waals surface area (Å²) in [6, 6.07) is 19.1. The molecule has 4 amide bonds. The highest BCUT2D eigenvalue weighted by molar-refractivity contribution is 14.1. The van der Waals surface area contributed by atoms with Gasteiger partial charge in [0.15, 0.2) is 18.1 Å². The van der Waals surface area contributed by atoms with Crippen molar-refractivity contribution in [1.29, 1.82) is 0 Å². The van der Waals surface area contributed by atoms with Crippen LogP contribution in [-0.2, 0) is 14.4 Å². The minimum absolute atomic E-state index is 0.157. The molecule has 40 heavy (non-hydrogen) atoms. The lowest BCUT2D eigenvalue weighted by Gasteiger charge is -2.15. The van der Waals surface area contributed by atoms with E-state index in [4.69, 9.17) is 21.1 Å². The van der Waals surface area contributed by atoms with Crippen LogP contribution in [0.1, 0.15) is 12.5 Å². The van der Waals surface area contributed by atoms with E-state index in [2.05, 4.69) is 33.2 Å². The molecule has 0 aliphatic carbocycles. The van der Waals surface area contributed by atoms with Crippen molar-refractivity contribution in [2.45, 2.75) is 6.92 Å². The number of imide groups is 1. The molecular formula is C28H23ClIN3O6S. The van der Waals surface area contributed by atoms with Gasteiger partial charge in [-0.2, -0.15) is 0 Å². The standard InChI is InChI=1S/C28H23ClIN3O6S/c1-2-38-22-13-17(12-20(30)26(22)39-16-25(35)31-18-8-4-3-5-9-18)14-23-27(36)33(28(37)40-23)15-24(34)32-21-11-7-6-10-19(21)29/h3-14H,2,15-16H2,1H3,(H,31,35)(H,32,34)/b23-14+. The first-order chi connectivity index (χ1) is 19.2. The van der Waals surface area contributed by atoms with Crippen LogP contribution in [0.15, 0.2) is 71.6 Å². The number of carbonyl (C=O) groups is 4. The van der Waals surface area contributed by atoms with Crippen LogP contribution >= 0.6 is 46.0 Å². The molecule has 1 fully saturated rings. The SMILES string of the molecule is CCOc1cc(/C=C2/SC(=O)N(CC(=O)Nc3ccccc3Cl)C2=O)cc(I)c1OCC(=O)Nc1ccccc1. The van der Waals surface area contributed by atoms with Crippen molar-refractivity contribution in [2.75, 3.05) is 30.4 Å². The van der Waals surface area contributed by atoms with Crippen molar-refractivity contribution < 1.29 is 28.7 Å². The van der Waals surface area contributed by atoms with Gasteiger partial charge in [0.1, 0.15) is 6.54 Å². The number of carbonyl (C=O) groups excluding carboxylic acids is 4. The third kappa shape index (κ3) is 7.55. The molecule has 3 aromatic rings. The minimum atomic E-state index is -0.588. The quantitative estimate of drug-likeness (QED) is 0.197. The molecule has 2 N–H and O–H groups in total. The Balaban J connectivity index is 1.45. The fourth-order valence-corrected chi connectivity index (χ4v) is 5.42. The smallest absolute Gasteiger partial charge is 0.294 e. The number of hydrogen-bond donors (Lipinski definition) is 2. The van der Waals surface area contributed by atoms with E-state index in [9.17, 15) is 19.2 Å². The number of halogens is 2. The van der Waals surface area contributed by atoms with Gasteiger partial charge in [0, 0.05) is 5.69 Å². The zero-order valence-electron chi connectivity index (χ0n) is 21.1. The normalized spacial score (nSPS) is 13.9. The van der Waals surface area contributed by atoms with Gasteiger partial charge < -0.3 is 20.1 Å². The summed E-state index contributed by atoms with van der Waals surface area (Å²) in [5, 5.41) is 5.14. The van der Waals surface area contributed by atoms with Crippen LogP contribution in [0.2, 0.25) is 5.02 Å². The number of thioether (sulfide) groups is 1. The van der Waals surface area contributed by atoms with Crippen LogP contribution in [-0.4, -0.2) is 47.6 Å². The lowest BCUT2D eigenvalue weighted by Crippen LogP contribution is -2.36. The first-order valence-electron chi connectivity index (χ1n) is 12.0. The molecule has 4 rings (SSSR count). The Bertz CT molecular complexity index is 1480. The van der Waals surface area contributed by atoms with Crippen molar-refractivity contribution in [2.24, 2.45) is 0 Å². The molecule has 12 heteroatoms. The van der Waals surface area contributed by atoms with E-state index in [0.717, 1.165) is 16.7 Å². The van der Waals surface area contributed by atoms with Gasteiger partial charge in [-0.25, -0.2) is 0 Å². The summed E-state index contributed by atoms with van der Waals surface area (Å²) in [6.45, 7) is 1.46. The van der Waals surface area contributed by atoms with Gasteiger partial charge in [-0.1, -0.05) is 41.9 Å². The number of hydrogen-bond acceptors (Lipinski definition) is 7. The number of benzene rings is 3. The lowest BCUT2D eigenvalue weighted by molar-refractivity contribution is -0.127. The predicted octanol–water partition coefficient (Wildman–Crippen LogP) is 6.04. The van der Waals surface area contributed by atoms with Crippen molar-refractivity contribution in [3.05, 3.63) is 85.8 Å².